The van der Waals surface area contributed by atoms with E-state index in [1.165, 1.54) is 37.4 Å². The Kier molecular flexibility index (Phi) is 9.04. The van der Waals surface area contributed by atoms with Crippen molar-refractivity contribution in [2.75, 3.05) is 0 Å². The number of hydrogen-bond donors (Lipinski definition) is 1. The normalized spacial score (nSPS) is 15.3. The van der Waals surface area contributed by atoms with Gasteiger partial charge in [0.1, 0.15) is 29.4 Å². The summed E-state index contributed by atoms with van der Waals surface area (Å²) in [6.45, 7) is 4.89. The molecule has 16 heteroatoms. The summed E-state index contributed by atoms with van der Waals surface area (Å²) in [5.74, 6) is -1.19. The van der Waals surface area contributed by atoms with Gasteiger partial charge in [0.05, 0.1) is 36.1 Å². The van der Waals surface area contributed by atoms with Gasteiger partial charge in [-0.3, -0.25) is 28.2 Å². The second-order valence-corrected chi connectivity index (χ2v) is 15.2. The third-order valence-corrected chi connectivity index (χ3v) is 11.5. The summed E-state index contributed by atoms with van der Waals surface area (Å²) in [6.07, 6.45) is 2.38. The Labute approximate surface area is 325 Å². The number of benzene rings is 2. The zero-order valence-corrected chi connectivity index (χ0v) is 32.5. The number of halogens is 2. The van der Waals surface area contributed by atoms with Crippen molar-refractivity contribution in [2.45, 2.75) is 79.5 Å². The number of allylic oxidation sites excluding steroid dienone is 1. The fourth-order valence-corrected chi connectivity index (χ4v) is 8.84. The number of carbonyl (C=O) groups is 2. The van der Waals surface area contributed by atoms with Crippen LogP contribution in [-0.4, -0.2) is 56.7 Å². The lowest BCUT2D eigenvalue weighted by atomic mass is 9.80. The molecule has 8 rings (SSSR count). The number of aryl methyl sites for hydroxylation is 7. The maximum atomic E-state index is 16.0. The summed E-state index contributed by atoms with van der Waals surface area (Å²) in [4.78, 5) is 52.2. The molecule has 294 valence electrons. The van der Waals surface area contributed by atoms with Gasteiger partial charge in [-0.05, 0) is 122 Å². The fraction of sp³-hybridized carbons (Fsp3) is 0.317. The molecule has 6 aromatic rings. The molecule has 0 bridgehead atoms. The SMILES string of the molecule is Cc1cc(C)n2c1C(c1ccc(OCc3cn(CCn4c(=O)c5c(C)c(C(O)=C6C(=O)CCCC6=O)ccc5n(C)c4=O)nn3)cc1)c1c(C)cc(C)n1[B-]2(F)F. The quantitative estimate of drug-likeness (QED) is 0.0914. The third kappa shape index (κ3) is 5.96. The minimum atomic E-state index is -4.05. The topological polar surface area (TPSA) is 148 Å². The van der Waals surface area contributed by atoms with Crippen molar-refractivity contribution in [3.05, 3.63) is 137 Å². The lowest BCUT2D eigenvalue weighted by molar-refractivity contribution is -0.123. The summed E-state index contributed by atoms with van der Waals surface area (Å²) in [5, 5.41) is 19.6. The summed E-state index contributed by atoms with van der Waals surface area (Å²) in [5.41, 5.74) is 4.64. The number of rotatable bonds is 8. The van der Waals surface area contributed by atoms with E-state index >= 15 is 8.63 Å². The number of carbonyl (C=O) groups excluding carboxylic acids is 2. The fourth-order valence-electron chi connectivity index (χ4n) is 8.84. The molecular formula is C41H41BF2N7O6-. The predicted molar refractivity (Wildman–Crippen MR) is 210 cm³/mol. The molecule has 57 heavy (non-hydrogen) atoms. The van der Waals surface area contributed by atoms with Crippen molar-refractivity contribution in [2.24, 2.45) is 7.05 Å². The van der Waals surface area contributed by atoms with Crippen LogP contribution in [0, 0.1) is 34.6 Å². The van der Waals surface area contributed by atoms with Crippen LogP contribution in [0.25, 0.3) is 16.7 Å². The van der Waals surface area contributed by atoms with E-state index in [0.717, 1.165) is 21.3 Å². The number of ether oxygens (including phenoxy) is 1. The molecule has 2 aromatic carbocycles. The van der Waals surface area contributed by atoms with E-state index in [1.807, 2.05) is 38.1 Å². The first-order valence-electron chi connectivity index (χ1n) is 18.8. The van der Waals surface area contributed by atoms with E-state index in [0.29, 0.717) is 51.7 Å². The molecule has 0 atom stereocenters. The number of fused-ring (bicyclic) bond motifs is 3. The van der Waals surface area contributed by atoms with Gasteiger partial charge in [-0.1, -0.05) is 17.3 Å². The minimum Gasteiger partial charge on any atom is -0.506 e. The smallest absolute Gasteiger partial charge is 0.506 e. The second-order valence-electron chi connectivity index (χ2n) is 15.2. The van der Waals surface area contributed by atoms with Crippen molar-refractivity contribution in [3.8, 4) is 5.75 Å². The lowest BCUT2D eigenvalue weighted by Gasteiger charge is -2.43. The zero-order valence-electron chi connectivity index (χ0n) is 32.5. The molecule has 0 radical (unpaired) electrons. The van der Waals surface area contributed by atoms with E-state index in [4.69, 9.17) is 4.74 Å². The Morgan fingerprint density at radius 3 is 2.11 bits per heavy atom. The van der Waals surface area contributed by atoms with Crippen molar-refractivity contribution in [3.63, 3.8) is 0 Å². The molecule has 0 amide bonds. The highest BCUT2D eigenvalue weighted by atomic mass is 19.2. The van der Waals surface area contributed by atoms with Gasteiger partial charge in [0.25, 0.3) is 5.56 Å². The van der Waals surface area contributed by atoms with Crippen LogP contribution in [0.3, 0.4) is 0 Å². The number of nitrogens with zero attached hydrogens (tertiary/aromatic N) is 7. The number of hydrogen-bond acceptors (Lipinski definition) is 8. The minimum absolute atomic E-state index is 0.0424. The molecule has 1 N–H and O–H groups in total. The highest BCUT2D eigenvalue weighted by molar-refractivity contribution is 6.63. The first kappa shape index (κ1) is 37.6. The maximum Gasteiger partial charge on any atom is 0.532 e. The Hall–Kier alpha value is -6.32. The van der Waals surface area contributed by atoms with Gasteiger partial charge < -0.3 is 27.4 Å². The summed E-state index contributed by atoms with van der Waals surface area (Å²) >= 11 is 0. The van der Waals surface area contributed by atoms with Crippen LogP contribution in [0.2, 0.25) is 0 Å². The molecule has 1 aliphatic carbocycles. The molecule has 0 unspecified atom stereocenters. The third-order valence-electron chi connectivity index (χ3n) is 11.5. The number of aliphatic hydroxyl groups is 1. The second kappa shape index (κ2) is 13.7. The van der Waals surface area contributed by atoms with Crippen molar-refractivity contribution in [1.82, 2.24) is 33.1 Å². The number of aromatic nitrogens is 7. The summed E-state index contributed by atoms with van der Waals surface area (Å²) in [7, 11) is 1.54. The summed E-state index contributed by atoms with van der Waals surface area (Å²) < 4.78 is 44.4. The van der Waals surface area contributed by atoms with Gasteiger partial charge in [0, 0.05) is 25.5 Å². The van der Waals surface area contributed by atoms with Crippen molar-refractivity contribution in [1.29, 1.82) is 0 Å². The Bertz CT molecular complexity index is 2750. The molecule has 13 nitrogen and oxygen atoms in total. The standard InChI is InChI=1S/C41H41BF2N7O6/c1-22-18-24(3)50-37(22)35(38-23(2)19-25(4)51(38)42(50,43)44)27-10-12-29(13-11-27)57-21-28-20-48(46-45-28)16-17-49-40(55)34-26(5)30(14-15-31(34)47(6)41(49)56)39(54)36-32(52)8-7-9-33(36)53/h10-15,18-20,35,54H,7-9,16-17,21H2,1-6H3/q-1. The largest absolute Gasteiger partial charge is 0.532 e. The van der Waals surface area contributed by atoms with Crippen LogP contribution in [0.4, 0.5) is 8.63 Å². The first-order valence-corrected chi connectivity index (χ1v) is 18.8. The van der Waals surface area contributed by atoms with Crippen LogP contribution in [-0.2, 0) is 36.3 Å². The number of aliphatic hydroxyl groups excluding tert-OH is 1. The summed E-state index contributed by atoms with van der Waals surface area (Å²) in [6, 6.07) is 14.1. The van der Waals surface area contributed by atoms with Gasteiger partial charge in [0.2, 0.25) is 0 Å². The maximum absolute atomic E-state index is 16.0. The molecule has 4 aromatic heterocycles. The Balaban J connectivity index is 0.995. The molecule has 1 fully saturated rings. The van der Waals surface area contributed by atoms with E-state index in [-0.39, 0.29) is 49.1 Å². The van der Waals surface area contributed by atoms with E-state index in [1.54, 1.807) is 39.1 Å². The molecule has 0 saturated heterocycles. The molecule has 0 spiro atoms. The average Bonchev–Trinajstić information content (AvgIpc) is 3.84. The average molecular weight is 777 g/mol. The van der Waals surface area contributed by atoms with Gasteiger partial charge in [-0.2, -0.15) is 0 Å². The molecule has 1 saturated carbocycles. The van der Waals surface area contributed by atoms with Gasteiger partial charge in [-0.25, -0.2) is 4.79 Å². The molecule has 5 heterocycles. The van der Waals surface area contributed by atoms with E-state index in [2.05, 4.69) is 10.3 Å². The number of ketones is 2. The zero-order chi connectivity index (χ0) is 40.7. The predicted octanol–water partition coefficient (Wildman–Crippen LogP) is 5.57. The van der Waals surface area contributed by atoms with Gasteiger partial charge in [0.15, 0.2) is 11.6 Å². The van der Waals surface area contributed by atoms with Crippen molar-refractivity contribution < 1.29 is 28.1 Å². The van der Waals surface area contributed by atoms with Gasteiger partial charge >= 0.3 is 12.7 Å². The highest BCUT2D eigenvalue weighted by Gasteiger charge is 2.44. The van der Waals surface area contributed by atoms with E-state index < -0.39 is 41.5 Å². The highest BCUT2D eigenvalue weighted by Crippen LogP contribution is 2.45. The first-order chi connectivity index (χ1) is 27.1. The monoisotopic (exact) mass is 776 g/mol. The van der Waals surface area contributed by atoms with Crippen LogP contribution < -0.4 is 16.0 Å². The van der Waals surface area contributed by atoms with Crippen LogP contribution in [0.1, 0.15) is 81.5 Å². The van der Waals surface area contributed by atoms with Crippen LogP contribution >= 0.6 is 0 Å². The van der Waals surface area contributed by atoms with E-state index in [9.17, 15) is 24.3 Å². The Morgan fingerprint density at radius 1 is 0.877 bits per heavy atom. The lowest BCUT2D eigenvalue weighted by Crippen LogP contribution is -2.50. The number of Topliss-reactive ketones (excluding diaryl/α,β-unsaturated/α-hetero) is 2. The Morgan fingerprint density at radius 2 is 1.49 bits per heavy atom. The van der Waals surface area contributed by atoms with Crippen molar-refractivity contribution >= 4 is 35.2 Å². The molecule has 1 aliphatic heterocycles. The van der Waals surface area contributed by atoms with Crippen LogP contribution in [0.15, 0.2) is 69.9 Å². The van der Waals surface area contributed by atoms with Crippen LogP contribution in [0.5, 0.6) is 5.75 Å². The molecule has 2 aliphatic rings. The molecular weight excluding hydrogens is 735 g/mol. The van der Waals surface area contributed by atoms with Gasteiger partial charge in [-0.15, -0.1) is 5.10 Å².